The number of nitrogens with two attached hydrogens (primary N) is 1. The molecule has 112 valence electrons. The number of nitrogens with zero attached hydrogens (tertiary/aromatic N) is 1. The summed E-state index contributed by atoms with van der Waals surface area (Å²) in [5.74, 6) is -0.522. The largest absolute Gasteiger partial charge is 0.401 e. The maximum Gasteiger partial charge on any atom is 0.401 e. The molecule has 1 amide bonds. The molecule has 0 aliphatic carbocycles. The van der Waals surface area contributed by atoms with Gasteiger partial charge in [0, 0.05) is 0 Å². The maximum absolute atomic E-state index is 12.3. The summed E-state index contributed by atoms with van der Waals surface area (Å²) >= 11 is 0. The van der Waals surface area contributed by atoms with E-state index in [0.29, 0.717) is 11.4 Å². The number of amides is 1. The Hall–Kier alpha value is -1.76. The predicted octanol–water partition coefficient (Wildman–Crippen LogP) is 2.40. The fourth-order valence-corrected chi connectivity index (χ4v) is 1.72. The number of likely N-dealkylation sites (N-methyl/N-ethyl adjacent to an activating group) is 1. The number of carbonyl (C=O) groups excluding carboxylic acids is 1. The number of nitrogens with one attached hydrogen (secondary N) is 1. The molecule has 0 fully saturated rings. The molecule has 0 aromatic heterocycles. The van der Waals surface area contributed by atoms with Gasteiger partial charge in [-0.25, -0.2) is 0 Å². The van der Waals surface area contributed by atoms with Crippen LogP contribution in [-0.2, 0) is 4.79 Å². The second kappa shape index (κ2) is 6.60. The van der Waals surface area contributed by atoms with E-state index in [9.17, 15) is 18.0 Å². The number of hydrogen-bond acceptors (Lipinski definition) is 3. The number of alkyl halides is 3. The van der Waals surface area contributed by atoms with Crippen LogP contribution in [0.4, 0.5) is 24.5 Å². The lowest BCUT2D eigenvalue weighted by molar-refractivity contribution is -0.147. The van der Waals surface area contributed by atoms with E-state index in [2.05, 4.69) is 5.32 Å². The molecule has 0 aliphatic heterocycles. The Morgan fingerprint density at radius 2 is 2.05 bits per heavy atom. The van der Waals surface area contributed by atoms with Gasteiger partial charge in [-0.1, -0.05) is 13.0 Å². The van der Waals surface area contributed by atoms with Crippen LogP contribution in [-0.4, -0.2) is 36.6 Å². The minimum atomic E-state index is -4.32. The number of halogens is 3. The normalized spacial score (nSPS) is 11.7. The van der Waals surface area contributed by atoms with Crippen LogP contribution < -0.4 is 11.1 Å². The zero-order valence-corrected chi connectivity index (χ0v) is 11.4. The van der Waals surface area contributed by atoms with Gasteiger partial charge in [0.2, 0.25) is 5.91 Å². The van der Waals surface area contributed by atoms with E-state index in [4.69, 9.17) is 5.73 Å². The lowest BCUT2D eigenvalue weighted by Crippen LogP contribution is -2.39. The van der Waals surface area contributed by atoms with Crippen molar-refractivity contribution >= 4 is 17.3 Å². The highest BCUT2D eigenvalue weighted by atomic mass is 19.4. The Bertz CT molecular complexity index is 474. The zero-order chi connectivity index (χ0) is 15.3. The van der Waals surface area contributed by atoms with Gasteiger partial charge in [-0.15, -0.1) is 0 Å². The Morgan fingerprint density at radius 1 is 1.40 bits per heavy atom. The Labute approximate surface area is 115 Å². The minimum Gasteiger partial charge on any atom is -0.397 e. The van der Waals surface area contributed by atoms with Crippen LogP contribution in [0.2, 0.25) is 0 Å². The fourth-order valence-electron chi connectivity index (χ4n) is 1.72. The van der Waals surface area contributed by atoms with Crippen LogP contribution in [0.3, 0.4) is 0 Å². The molecule has 0 saturated carbocycles. The third kappa shape index (κ3) is 5.48. The van der Waals surface area contributed by atoms with Crippen LogP contribution >= 0.6 is 0 Å². The number of aryl methyl sites for hydroxylation is 1. The SMILES string of the molecule is CCN(CC(=O)Nc1ccc(C)cc1N)CC(F)(F)F. The highest BCUT2D eigenvalue weighted by Crippen LogP contribution is 2.20. The lowest BCUT2D eigenvalue weighted by Gasteiger charge is -2.21. The van der Waals surface area contributed by atoms with Gasteiger partial charge in [0.1, 0.15) is 0 Å². The van der Waals surface area contributed by atoms with Gasteiger partial charge in [0.15, 0.2) is 0 Å². The first-order chi connectivity index (χ1) is 9.21. The van der Waals surface area contributed by atoms with Crippen LogP contribution in [0, 0.1) is 6.92 Å². The smallest absolute Gasteiger partial charge is 0.397 e. The summed E-state index contributed by atoms with van der Waals surface area (Å²) in [6.45, 7) is 2.11. The summed E-state index contributed by atoms with van der Waals surface area (Å²) in [6, 6.07) is 5.07. The van der Waals surface area contributed by atoms with Gasteiger partial charge < -0.3 is 11.1 Å². The number of nitrogen functional groups attached to an aromatic ring is 1. The molecular formula is C13H18F3N3O. The van der Waals surface area contributed by atoms with Crippen molar-refractivity contribution in [2.24, 2.45) is 0 Å². The fraction of sp³-hybridized carbons (Fsp3) is 0.462. The van der Waals surface area contributed by atoms with Crippen molar-refractivity contribution < 1.29 is 18.0 Å². The molecule has 1 aromatic carbocycles. The molecule has 0 atom stereocenters. The average Bonchev–Trinajstić information content (AvgIpc) is 2.30. The minimum absolute atomic E-state index is 0.135. The zero-order valence-electron chi connectivity index (χ0n) is 11.4. The van der Waals surface area contributed by atoms with E-state index < -0.39 is 18.6 Å². The Morgan fingerprint density at radius 3 is 2.55 bits per heavy atom. The average molecular weight is 289 g/mol. The van der Waals surface area contributed by atoms with Crippen molar-refractivity contribution in [3.63, 3.8) is 0 Å². The standard InChI is InChI=1S/C13H18F3N3O/c1-3-19(8-13(14,15)16)7-12(20)18-11-5-4-9(2)6-10(11)17/h4-6H,3,7-8,17H2,1-2H3,(H,18,20). The molecule has 1 aromatic rings. The summed E-state index contributed by atoms with van der Waals surface area (Å²) in [5.41, 5.74) is 7.46. The van der Waals surface area contributed by atoms with E-state index in [1.54, 1.807) is 25.1 Å². The maximum atomic E-state index is 12.3. The monoisotopic (exact) mass is 289 g/mol. The van der Waals surface area contributed by atoms with Crippen LogP contribution in [0.15, 0.2) is 18.2 Å². The molecule has 7 heteroatoms. The van der Waals surface area contributed by atoms with Crippen molar-refractivity contribution in [2.75, 3.05) is 30.7 Å². The highest BCUT2D eigenvalue weighted by molar-refractivity contribution is 5.95. The molecule has 0 unspecified atom stereocenters. The van der Waals surface area contributed by atoms with Crippen LogP contribution in [0.25, 0.3) is 0 Å². The van der Waals surface area contributed by atoms with Gasteiger partial charge in [0.25, 0.3) is 0 Å². The quantitative estimate of drug-likeness (QED) is 0.818. The number of benzene rings is 1. The molecule has 0 aliphatic rings. The second-order valence-corrected chi connectivity index (χ2v) is 4.56. The highest BCUT2D eigenvalue weighted by Gasteiger charge is 2.30. The summed E-state index contributed by atoms with van der Waals surface area (Å²) in [4.78, 5) is 12.7. The van der Waals surface area contributed by atoms with E-state index in [1.165, 1.54) is 0 Å². The molecule has 4 nitrogen and oxygen atoms in total. The van der Waals surface area contributed by atoms with E-state index >= 15 is 0 Å². The molecule has 20 heavy (non-hydrogen) atoms. The number of anilines is 2. The number of hydrogen-bond donors (Lipinski definition) is 2. The molecule has 0 radical (unpaired) electrons. The number of carbonyl (C=O) groups is 1. The summed E-state index contributed by atoms with van der Waals surface area (Å²) < 4.78 is 36.9. The lowest BCUT2D eigenvalue weighted by atomic mass is 10.2. The topological polar surface area (TPSA) is 58.4 Å². The van der Waals surface area contributed by atoms with Gasteiger partial charge in [-0.2, -0.15) is 13.2 Å². The molecular weight excluding hydrogens is 271 g/mol. The van der Waals surface area contributed by atoms with Gasteiger partial charge in [-0.05, 0) is 31.2 Å². The molecule has 1 rings (SSSR count). The Kier molecular flexibility index (Phi) is 5.38. The Balaban J connectivity index is 2.62. The molecule has 3 N–H and O–H groups in total. The second-order valence-electron chi connectivity index (χ2n) is 4.56. The van der Waals surface area contributed by atoms with Crippen LogP contribution in [0.5, 0.6) is 0 Å². The van der Waals surface area contributed by atoms with E-state index in [0.717, 1.165) is 10.5 Å². The summed E-state index contributed by atoms with van der Waals surface area (Å²) in [6.07, 6.45) is -4.32. The number of rotatable bonds is 5. The third-order valence-electron chi connectivity index (χ3n) is 2.70. The van der Waals surface area contributed by atoms with Crippen molar-refractivity contribution in [3.05, 3.63) is 23.8 Å². The summed E-state index contributed by atoms with van der Waals surface area (Å²) in [5, 5.41) is 2.52. The van der Waals surface area contributed by atoms with Crippen molar-refractivity contribution in [3.8, 4) is 0 Å². The van der Waals surface area contributed by atoms with Crippen molar-refractivity contribution in [1.29, 1.82) is 0 Å². The van der Waals surface area contributed by atoms with Gasteiger partial charge >= 0.3 is 6.18 Å². The first kappa shape index (κ1) is 16.3. The molecule has 0 heterocycles. The van der Waals surface area contributed by atoms with Gasteiger partial charge in [0.05, 0.1) is 24.5 Å². The predicted molar refractivity (Wildman–Crippen MR) is 72.4 cm³/mol. The first-order valence-corrected chi connectivity index (χ1v) is 6.16. The molecule has 0 bridgehead atoms. The van der Waals surface area contributed by atoms with E-state index in [1.807, 2.05) is 6.92 Å². The van der Waals surface area contributed by atoms with E-state index in [-0.39, 0.29) is 13.1 Å². The molecule has 0 spiro atoms. The third-order valence-corrected chi connectivity index (χ3v) is 2.70. The molecule has 0 saturated heterocycles. The van der Waals surface area contributed by atoms with Crippen molar-refractivity contribution in [1.82, 2.24) is 4.90 Å². The summed E-state index contributed by atoms with van der Waals surface area (Å²) in [7, 11) is 0. The first-order valence-electron chi connectivity index (χ1n) is 6.16. The van der Waals surface area contributed by atoms with Crippen LogP contribution in [0.1, 0.15) is 12.5 Å². The van der Waals surface area contributed by atoms with Crippen molar-refractivity contribution in [2.45, 2.75) is 20.0 Å². The van der Waals surface area contributed by atoms with Gasteiger partial charge in [-0.3, -0.25) is 9.69 Å².